The SMILES string of the molecule is CC(=O)c1cccc(NC(=O)N[N]S(=O)(=O)c2ccccc2OC(F)(F)F)c1. The summed E-state index contributed by atoms with van der Waals surface area (Å²) in [7, 11) is -4.70. The molecule has 0 spiro atoms. The molecule has 0 aliphatic rings. The largest absolute Gasteiger partial charge is 0.573 e. The van der Waals surface area contributed by atoms with Gasteiger partial charge in [0.2, 0.25) is 0 Å². The van der Waals surface area contributed by atoms with Crippen molar-refractivity contribution in [2.75, 3.05) is 5.32 Å². The number of benzene rings is 2. The molecule has 0 aliphatic heterocycles. The summed E-state index contributed by atoms with van der Waals surface area (Å²) in [5, 5.41) is 2.24. The Morgan fingerprint density at radius 1 is 1.07 bits per heavy atom. The minimum absolute atomic E-state index is 0.179. The third-order valence-corrected chi connectivity index (χ3v) is 4.37. The van der Waals surface area contributed by atoms with Gasteiger partial charge in [0.1, 0.15) is 10.6 Å². The molecular weight excluding hydrogens is 403 g/mol. The van der Waals surface area contributed by atoms with Gasteiger partial charge in [-0.15, -0.1) is 13.2 Å². The van der Waals surface area contributed by atoms with Crippen LogP contribution in [0.15, 0.2) is 53.4 Å². The van der Waals surface area contributed by atoms with Gasteiger partial charge >= 0.3 is 12.4 Å². The molecule has 0 saturated carbocycles. The van der Waals surface area contributed by atoms with E-state index < -0.39 is 33.1 Å². The average molecular weight is 416 g/mol. The molecule has 28 heavy (non-hydrogen) atoms. The number of hydrogen-bond acceptors (Lipinski definition) is 5. The van der Waals surface area contributed by atoms with Crippen molar-refractivity contribution in [1.29, 1.82) is 0 Å². The van der Waals surface area contributed by atoms with E-state index in [1.807, 2.05) is 0 Å². The number of Topliss-reactive ketones (excluding diaryl/α,β-unsaturated/α-hetero) is 1. The Kier molecular flexibility index (Phi) is 6.26. The lowest BCUT2D eigenvalue weighted by Gasteiger charge is -2.13. The zero-order valence-corrected chi connectivity index (χ0v) is 15.0. The smallest absolute Gasteiger partial charge is 0.404 e. The van der Waals surface area contributed by atoms with Gasteiger partial charge in [-0.3, -0.25) is 4.79 Å². The van der Waals surface area contributed by atoms with Crippen LogP contribution in [0.4, 0.5) is 23.7 Å². The van der Waals surface area contributed by atoms with Crippen LogP contribution in [-0.2, 0) is 10.0 Å². The molecule has 2 rings (SSSR count). The van der Waals surface area contributed by atoms with E-state index in [-0.39, 0.29) is 11.5 Å². The van der Waals surface area contributed by atoms with Crippen molar-refractivity contribution in [1.82, 2.24) is 10.3 Å². The molecule has 149 valence electrons. The number of nitrogens with zero attached hydrogens (tertiary/aromatic N) is 1. The number of amides is 2. The Balaban J connectivity index is 2.09. The highest BCUT2D eigenvalue weighted by molar-refractivity contribution is 7.89. The van der Waals surface area contributed by atoms with Crippen molar-refractivity contribution in [3.8, 4) is 5.75 Å². The molecule has 12 heteroatoms. The lowest BCUT2D eigenvalue weighted by atomic mass is 10.1. The molecule has 2 aromatic rings. The third kappa shape index (κ3) is 5.96. The van der Waals surface area contributed by atoms with Crippen LogP contribution in [0.5, 0.6) is 5.75 Å². The highest BCUT2D eigenvalue weighted by Gasteiger charge is 2.34. The van der Waals surface area contributed by atoms with Gasteiger partial charge in [0.25, 0.3) is 10.0 Å². The van der Waals surface area contributed by atoms with Crippen LogP contribution in [0.2, 0.25) is 0 Å². The molecule has 0 saturated heterocycles. The molecule has 0 heterocycles. The predicted octanol–water partition coefficient (Wildman–Crippen LogP) is 2.82. The summed E-state index contributed by atoms with van der Waals surface area (Å²) in [6.07, 6.45) is -5.11. The molecule has 2 aromatic carbocycles. The third-order valence-electron chi connectivity index (χ3n) is 3.15. The van der Waals surface area contributed by atoms with E-state index in [1.165, 1.54) is 37.3 Å². The van der Waals surface area contributed by atoms with Gasteiger partial charge in [-0.25, -0.2) is 18.6 Å². The normalized spacial score (nSPS) is 11.6. The number of urea groups is 1. The van der Waals surface area contributed by atoms with Gasteiger partial charge in [0.05, 0.1) is 0 Å². The zero-order chi connectivity index (χ0) is 20.9. The van der Waals surface area contributed by atoms with E-state index in [2.05, 4.69) is 14.9 Å². The number of hydrogen-bond donors (Lipinski definition) is 2. The molecule has 8 nitrogen and oxygen atoms in total. The number of sulfonamides is 1. The molecule has 0 atom stereocenters. The Labute approximate surface area is 157 Å². The zero-order valence-electron chi connectivity index (χ0n) is 14.1. The maximum atomic E-state index is 12.4. The van der Waals surface area contributed by atoms with Gasteiger partial charge in [-0.2, -0.15) is 0 Å². The topological polar surface area (TPSA) is 116 Å². The predicted molar refractivity (Wildman–Crippen MR) is 91.0 cm³/mol. The first kappa shape index (κ1) is 21.2. The fourth-order valence-corrected chi connectivity index (χ4v) is 2.91. The molecule has 0 aliphatic carbocycles. The maximum absolute atomic E-state index is 12.4. The minimum Gasteiger partial charge on any atom is -0.404 e. The molecule has 0 aromatic heterocycles. The molecule has 0 fully saturated rings. The summed E-state index contributed by atoms with van der Waals surface area (Å²) in [4.78, 5) is 25.2. The number of halogens is 3. The lowest BCUT2D eigenvalue weighted by Crippen LogP contribution is -2.38. The second-order valence-corrected chi connectivity index (χ2v) is 6.84. The Morgan fingerprint density at radius 3 is 2.39 bits per heavy atom. The first-order chi connectivity index (χ1) is 13.0. The van der Waals surface area contributed by atoms with E-state index in [0.29, 0.717) is 5.56 Å². The van der Waals surface area contributed by atoms with Gasteiger partial charge in [-0.1, -0.05) is 24.3 Å². The van der Waals surface area contributed by atoms with Crippen LogP contribution in [0.1, 0.15) is 17.3 Å². The lowest BCUT2D eigenvalue weighted by molar-refractivity contribution is -0.275. The van der Waals surface area contributed by atoms with E-state index >= 15 is 0 Å². The van der Waals surface area contributed by atoms with Crippen molar-refractivity contribution < 1.29 is 35.9 Å². The number of rotatable bonds is 6. The Bertz CT molecular complexity index is 993. The van der Waals surface area contributed by atoms with Crippen LogP contribution in [0, 0.1) is 0 Å². The summed E-state index contributed by atoms with van der Waals surface area (Å²) in [5.41, 5.74) is 2.16. The van der Waals surface area contributed by atoms with Crippen molar-refractivity contribution in [2.45, 2.75) is 18.2 Å². The van der Waals surface area contributed by atoms with Gasteiger partial charge < -0.3 is 10.1 Å². The van der Waals surface area contributed by atoms with Crippen LogP contribution in [0.3, 0.4) is 0 Å². The summed E-state index contributed by atoms with van der Waals surface area (Å²) in [5.74, 6) is -1.24. The second-order valence-electron chi connectivity index (χ2n) is 5.26. The van der Waals surface area contributed by atoms with Crippen LogP contribution < -0.4 is 20.3 Å². The van der Waals surface area contributed by atoms with E-state index in [1.54, 1.807) is 5.43 Å². The first-order valence-corrected chi connectivity index (χ1v) is 8.92. The van der Waals surface area contributed by atoms with E-state index in [4.69, 9.17) is 0 Å². The fraction of sp³-hybridized carbons (Fsp3) is 0.125. The highest BCUT2D eigenvalue weighted by atomic mass is 32.2. The number of ether oxygens (including phenoxy) is 1. The van der Waals surface area contributed by atoms with Crippen molar-refractivity contribution in [2.24, 2.45) is 0 Å². The highest BCUT2D eigenvalue weighted by Crippen LogP contribution is 2.29. The molecule has 2 amide bonds. The van der Waals surface area contributed by atoms with Crippen molar-refractivity contribution in [3.63, 3.8) is 0 Å². The molecular formula is C16H13F3N3O5S. The summed E-state index contributed by atoms with van der Waals surface area (Å²) in [6.45, 7) is 1.32. The molecule has 0 bridgehead atoms. The molecule has 0 unspecified atom stereocenters. The van der Waals surface area contributed by atoms with E-state index in [0.717, 1.165) is 18.2 Å². The summed E-state index contributed by atoms with van der Waals surface area (Å²) >= 11 is 0. The quantitative estimate of drug-likeness (QED) is 0.555. The minimum atomic E-state index is -5.11. The van der Waals surface area contributed by atoms with Crippen LogP contribution >= 0.6 is 0 Å². The fourth-order valence-electron chi connectivity index (χ4n) is 2.00. The summed E-state index contributed by atoms with van der Waals surface area (Å²) in [6, 6.07) is 8.65. The Morgan fingerprint density at radius 2 is 1.75 bits per heavy atom. The van der Waals surface area contributed by atoms with Gasteiger partial charge in [0, 0.05) is 11.3 Å². The maximum Gasteiger partial charge on any atom is 0.573 e. The summed E-state index contributed by atoms with van der Waals surface area (Å²) < 4.78 is 65.1. The van der Waals surface area contributed by atoms with Crippen LogP contribution in [-0.4, -0.2) is 26.6 Å². The number of anilines is 1. The number of ketones is 1. The van der Waals surface area contributed by atoms with Crippen molar-refractivity contribution in [3.05, 3.63) is 54.1 Å². The number of carbonyl (C=O) groups is 2. The number of alkyl halides is 3. The van der Waals surface area contributed by atoms with Crippen LogP contribution in [0.25, 0.3) is 0 Å². The standard InChI is InChI=1S/C16H13F3N3O5S/c1-10(23)11-5-4-6-12(9-11)20-15(24)21-22-28(25,26)14-8-3-2-7-13(14)27-16(17,18)19/h2-9H,1H3,(H2,20,21,24). The molecule has 1 radical (unpaired) electrons. The van der Waals surface area contributed by atoms with Crippen molar-refractivity contribution >= 4 is 27.5 Å². The second kappa shape index (κ2) is 8.27. The molecule has 2 N–H and O–H groups in total. The Hall–Kier alpha value is -3.12. The van der Waals surface area contributed by atoms with Gasteiger partial charge in [0.15, 0.2) is 5.78 Å². The first-order valence-electron chi connectivity index (χ1n) is 7.48. The number of carbonyl (C=O) groups excluding carboxylic acids is 2. The van der Waals surface area contributed by atoms with Gasteiger partial charge in [-0.05, 0) is 36.0 Å². The monoisotopic (exact) mass is 416 g/mol. The number of nitrogens with one attached hydrogen (secondary N) is 2. The number of para-hydroxylation sites is 1. The average Bonchev–Trinajstić information content (AvgIpc) is 2.59. The van der Waals surface area contributed by atoms with E-state index in [9.17, 15) is 31.2 Å².